The Hall–Kier alpha value is -2.00. The minimum Gasteiger partial charge on any atom is -0.493 e. The van der Waals surface area contributed by atoms with E-state index >= 15 is 0 Å². The topological polar surface area (TPSA) is 30.5 Å². The van der Waals surface area contributed by atoms with Gasteiger partial charge in [-0.3, -0.25) is 0 Å². The van der Waals surface area contributed by atoms with Gasteiger partial charge in [0.2, 0.25) is 0 Å². The first-order chi connectivity index (χ1) is 10.2. The van der Waals surface area contributed by atoms with Gasteiger partial charge < -0.3 is 14.8 Å². The van der Waals surface area contributed by atoms with Crippen molar-refractivity contribution in [1.29, 1.82) is 0 Å². The molecule has 0 aromatic heterocycles. The summed E-state index contributed by atoms with van der Waals surface area (Å²) in [6.07, 6.45) is 0. The highest BCUT2D eigenvalue weighted by Crippen LogP contribution is 2.40. The zero-order valence-electron chi connectivity index (χ0n) is 12.7. The van der Waals surface area contributed by atoms with Gasteiger partial charge in [0.25, 0.3) is 0 Å². The van der Waals surface area contributed by atoms with Crippen LogP contribution in [0.15, 0.2) is 42.5 Å². The monoisotopic (exact) mass is 283 g/mol. The van der Waals surface area contributed by atoms with Crippen LogP contribution in [0.1, 0.15) is 35.6 Å². The fourth-order valence-corrected chi connectivity index (χ4v) is 3.04. The SMILES string of the molecule is COc1cc2c(cc1OC)[C@@H](C)CN[C@H]2c1ccccc1. The average molecular weight is 283 g/mol. The molecule has 0 fully saturated rings. The fraction of sp³-hybridized carbons (Fsp3) is 0.333. The normalized spacial score (nSPS) is 20.7. The van der Waals surface area contributed by atoms with E-state index in [1.54, 1.807) is 14.2 Å². The van der Waals surface area contributed by atoms with Crippen LogP contribution >= 0.6 is 0 Å². The molecule has 21 heavy (non-hydrogen) atoms. The molecular formula is C18H21NO2. The van der Waals surface area contributed by atoms with Crippen LogP contribution in [0.2, 0.25) is 0 Å². The number of rotatable bonds is 3. The molecular weight excluding hydrogens is 262 g/mol. The number of fused-ring (bicyclic) bond motifs is 1. The van der Waals surface area contributed by atoms with Gasteiger partial charge in [0.15, 0.2) is 11.5 Å². The molecule has 0 spiro atoms. The third-order valence-corrected chi connectivity index (χ3v) is 4.19. The van der Waals surface area contributed by atoms with E-state index in [2.05, 4.69) is 48.6 Å². The summed E-state index contributed by atoms with van der Waals surface area (Å²) in [5.41, 5.74) is 3.88. The van der Waals surface area contributed by atoms with Gasteiger partial charge in [-0.15, -0.1) is 0 Å². The fourth-order valence-electron chi connectivity index (χ4n) is 3.04. The minimum absolute atomic E-state index is 0.206. The Morgan fingerprint density at radius 1 is 0.952 bits per heavy atom. The van der Waals surface area contributed by atoms with Crippen LogP contribution in [0, 0.1) is 0 Å². The second kappa shape index (κ2) is 5.78. The summed E-state index contributed by atoms with van der Waals surface area (Å²) in [6.45, 7) is 3.20. The smallest absolute Gasteiger partial charge is 0.161 e. The number of nitrogens with one attached hydrogen (secondary N) is 1. The summed E-state index contributed by atoms with van der Waals surface area (Å²) in [6, 6.07) is 15.0. The summed E-state index contributed by atoms with van der Waals surface area (Å²) in [7, 11) is 3.37. The first-order valence-electron chi connectivity index (χ1n) is 7.28. The Labute approximate surface area is 125 Å². The summed E-state index contributed by atoms with van der Waals surface area (Å²) in [4.78, 5) is 0. The Balaban J connectivity index is 2.12. The molecule has 0 unspecified atom stereocenters. The van der Waals surface area contributed by atoms with Crippen LogP contribution in [0.4, 0.5) is 0 Å². The van der Waals surface area contributed by atoms with Gasteiger partial charge in [0, 0.05) is 6.54 Å². The van der Waals surface area contributed by atoms with E-state index in [-0.39, 0.29) is 6.04 Å². The van der Waals surface area contributed by atoms with Crippen LogP contribution in [-0.4, -0.2) is 20.8 Å². The number of hydrogen-bond acceptors (Lipinski definition) is 3. The van der Waals surface area contributed by atoms with Gasteiger partial charge in [0.05, 0.1) is 20.3 Å². The van der Waals surface area contributed by atoms with Crippen LogP contribution in [0.25, 0.3) is 0 Å². The van der Waals surface area contributed by atoms with Crippen molar-refractivity contribution in [3.8, 4) is 11.5 Å². The standard InChI is InChI=1S/C18H21NO2/c1-12-11-19-18(13-7-5-4-6-8-13)15-10-17(21-3)16(20-2)9-14(12)15/h4-10,12,18-19H,11H2,1-3H3/t12-,18-/m0/s1. The zero-order valence-corrected chi connectivity index (χ0v) is 12.7. The van der Waals surface area contributed by atoms with Crippen molar-refractivity contribution in [3.63, 3.8) is 0 Å². The van der Waals surface area contributed by atoms with E-state index in [9.17, 15) is 0 Å². The molecule has 1 heterocycles. The Bertz CT molecular complexity index is 625. The lowest BCUT2D eigenvalue weighted by Gasteiger charge is -2.32. The number of benzene rings is 2. The van der Waals surface area contributed by atoms with E-state index in [1.165, 1.54) is 16.7 Å². The van der Waals surface area contributed by atoms with E-state index in [4.69, 9.17) is 9.47 Å². The molecule has 3 nitrogen and oxygen atoms in total. The molecule has 3 rings (SSSR count). The second-order valence-electron chi connectivity index (χ2n) is 5.49. The molecule has 0 saturated heterocycles. The molecule has 2 atom stereocenters. The lowest BCUT2D eigenvalue weighted by Crippen LogP contribution is -2.32. The van der Waals surface area contributed by atoms with Gasteiger partial charge in [0.1, 0.15) is 0 Å². The second-order valence-corrected chi connectivity index (χ2v) is 5.49. The zero-order chi connectivity index (χ0) is 14.8. The van der Waals surface area contributed by atoms with Crippen LogP contribution in [0.3, 0.4) is 0 Å². The number of methoxy groups -OCH3 is 2. The first-order valence-corrected chi connectivity index (χ1v) is 7.28. The maximum Gasteiger partial charge on any atom is 0.161 e. The van der Waals surface area contributed by atoms with E-state index in [1.807, 2.05) is 6.07 Å². The molecule has 110 valence electrons. The summed E-state index contributed by atoms with van der Waals surface area (Å²) < 4.78 is 10.9. The molecule has 1 aliphatic heterocycles. The third kappa shape index (κ3) is 2.49. The number of ether oxygens (including phenoxy) is 2. The lowest BCUT2D eigenvalue weighted by molar-refractivity contribution is 0.352. The van der Waals surface area contributed by atoms with Gasteiger partial charge in [-0.1, -0.05) is 37.3 Å². The van der Waals surface area contributed by atoms with Crippen molar-refractivity contribution in [1.82, 2.24) is 5.32 Å². The third-order valence-electron chi connectivity index (χ3n) is 4.19. The highest BCUT2D eigenvalue weighted by Gasteiger charge is 2.27. The van der Waals surface area contributed by atoms with Crippen molar-refractivity contribution in [2.24, 2.45) is 0 Å². The average Bonchev–Trinajstić information content (AvgIpc) is 2.55. The maximum atomic E-state index is 5.47. The van der Waals surface area contributed by atoms with Crippen LogP contribution in [0.5, 0.6) is 11.5 Å². The molecule has 2 aromatic carbocycles. The molecule has 3 heteroatoms. The maximum absolute atomic E-state index is 5.47. The van der Waals surface area contributed by atoms with Crippen molar-refractivity contribution in [3.05, 3.63) is 59.2 Å². The van der Waals surface area contributed by atoms with Crippen LogP contribution in [-0.2, 0) is 0 Å². The predicted octanol–water partition coefficient (Wildman–Crippen LogP) is 3.50. The van der Waals surface area contributed by atoms with Crippen LogP contribution < -0.4 is 14.8 Å². The van der Waals surface area contributed by atoms with Gasteiger partial charge >= 0.3 is 0 Å². The quantitative estimate of drug-likeness (QED) is 0.935. The Kier molecular flexibility index (Phi) is 3.84. The van der Waals surface area contributed by atoms with Crippen molar-refractivity contribution >= 4 is 0 Å². The molecule has 1 aliphatic rings. The summed E-state index contributed by atoms with van der Waals surface area (Å²) in [5.74, 6) is 2.05. The van der Waals surface area contributed by atoms with Crippen molar-refractivity contribution in [2.45, 2.75) is 18.9 Å². The molecule has 0 aliphatic carbocycles. The highest BCUT2D eigenvalue weighted by atomic mass is 16.5. The molecule has 0 radical (unpaired) electrons. The Morgan fingerprint density at radius 3 is 2.19 bits per heavy atom. The molecule has 0 bridgehead atoms. The van der Waals surface area contributed by atoms with Gasteiger partial charge in [-0.2, -0.15) is 0 Å². The van der Waals surface area contributed by atoms with E-state index < -0.39 is 0 Å². The first kappa shape index (κ1) is 14.0. The van der Waals surface area contributed by atoms with Gasteiger partial charge in [-0.25, -0.2) is 0 Å². The van der Waals surface area contributed by atoms with Crippen molar-refractivity contribution in [2.75, 3.05) is 20.8 Å². The molecule has 2 aromatic rings. The largest absolute Gasteiger partial charge is 0.493 e. The summed E-state index contributed by atoms with van der Waals surface area (Å²) in [5, 5.41) is 3.63. The summed E-state index contributed by atoms with van der Waals surface area (Å²) >= 11 is 0. The molecule has 1 N–H and O–H groups in total. The minimum atomic E-state index is 0.206. The number of hydrogen-bond donors (Lipinski definition) is 1. The lowest BCUT2D eigenvalue weighted by atomic mass is 9.84. The molecule has 0 amide bonds. The molecule has 0 saturated carbocycles. The van der Waals surface area contributed by atoms with E-state index in [0.717, 1.165) is 18.0 Å². The predicted molar refractivity (Wildman–Crippen MR) is 84.2 cm³/mol. The Morgan fingerprint density at radius 2 is 1.57 bits per heavy atom. The van der Waals surface area contributed by atoms with Gasteiger partial charge in [-0.05, 0) is 34.7 Å². The van der Waals surface area contributed by atoms with E-state index in [0.29, 0.717) is 5.92 Å². The van der Waals surface area contributed by atoms with Crippen molar-refractivity contribution < 1.29 is 9.47 Å². The highest BCUT2D eigenvalue weighted by molar-refractivity contribution is 5.52.